The third-order valence-corrected chi connectivity index (χ3v) is 5.28. The van der Waals surface area contributed by atoms with Crippen LogP contribution in [-0.2, 0) is 9.47 Å². The predicted molar refractivity (Wildman–Crippen MR) is 86.0 cm³/mol. The summed E-state index contributed by atoms with van der Waals surface area (Å²) in [5.74, 6) is -1.55. The maximum Gasteiger partial charge on any atom is 0.280 e. The number of ether oxygens (including phenoxy) is 2. The molecule has 3 nitrogen and oxygen atoms in total. The van der Waals surface area contributed by atoms with Gasteiger partial charge in [-0.2, -0.15) is 0 Å². The topological polar surface area (TPSA) is 38.7 Å². The minimum atomic E-state index is -2.80. The Morgan fingerprint density at radius 2 is 1.81 bits per heavy atom. The van der Waals surface area contributed by atoms with Crippen molar-refractivity contribution < 1.29 is 18.7 Å². The summed E-state index contributed by atoms with van der Waals surface area (Å²) < 4.78 is 25.2. The molecule has 0 aromatic rings. The van der Waals surface area contributed by atoms with E-state index in [9.17, 15) is 9.21 Å². The summed E-state index contributed by atoms with van der Waals surface area (Å²) in [7, 11) is -2.80. The molecule has 0 aliphatic heterocycles. The van der Waals surface area contributed by atoms with Gasteiger partial charge in [-0.15, -0.1) is 0 Å². The van der Waals surface area contributed by atoms with Crippen LogP contribution in [0.3, 0.4) is 0 Å². The molecule has 0 heterocycles. The van der Waals surface area contributed by atoms with Gasteiger partial charge in [0.15, 0.2) is 0 Å². The summed E-state index contributed by atoms with van der Waals surface area (Å²) >= 11 is 0. The molecular weight excluding hydrogens is 287 g/mol. The van der Waals surface area contributed by atoms with Gasteiger partial charge < -0.3 is 18.7 Å². The third kappa shape index (κ3) is 6.02. The molecule has 0 saturated heterocycles. The van der Waals surface area contributed by atoms with Crippen LogP contribution in [-0.4, -0.2) is 32.7 Å². The normalized spacial score (nSPS) is 16.1. The van der Waals surface area contributed by atoms with Gasteiger partial charge in [0.1, 0.15) is 0 Å². The summed E-state index contributed by atoms with van der Waals surface area (Å²) in [5.41, 5.74) is 1.08. The van der Waals surface area contributed by atoms with Crippen molar-refractivity contribution >= 4 is 8.41 Å². The molecule has 0 amide bonds. The van der Waals surface area contributed by atoms with E-state index in [-0.39, 0.29) is 0 Å². The molecule has 0 unspecified atom stereocenters. The van der Waals surface area contributed by atoms with Gasteiger partial charge in [-0.05, 0) is 44.0 Å². The quantitative estimate of drug-likeness (QED) is 0.372. The maximum atomic E-state index is 14.3. The summed E-state index contributed by atoms with van der Waals surface area (Å²) in [6, 6.07) is 0. The highest BCUT2D eigenvalue weighted by atomic mass is 28.4. The van der Waals surface area contributed by atoms with E-state index in [1.165, 1.54) is 0 Å². The van der Waals surface area contributed by atoms with Crippen molar-refractivity contribution in [1.82, 2.24) is 0 Å². The van der Waals surface area contributed by atoms with Crippen molar-refractivity contribution in [2.75, 3.05) is 13.2 Å². The molecule has 0 atom stereocenters. The Labute approximate surface area is 129 Å². The molecule has 21 heavy (non-hydrogen) atoms. The van der Waals surface area contributed by atoms with Gasteiger partial charge in [-0.25, -0.2) is 0 Å². The highest BCUT2D eigenvalue weighted by Crippen LogP contribution is 2.33. The van der Waals surface area contributed by atoms with Crippen molar-refractivity contribution in [3.63, 3.8) is 0 Å². The predicted octanol–water partition coefficient (Wildman–Crippen LogP) is 4.24. The lowest BCUT2D eigenvalue weighted by Gasteiger charge is -2.28. The molecule has 0 aromatic carbocycles. The molecule has 0 radical (unpaired) electrons. The fourth-order valence-corrected chi connectivity index (χ4v) is 4.00. The molecule has 122 valence electrons. The molecule has 1 rings (SSSR count). The summed E-state index contributed by atoms with van der Waals surface area (Å²) in [4.78, 5) is 0. The maximum absolute atomic E-state index is 14.3. The van der Waals surface area contributed by atoms with Crippen LogP contribution in [0, 0.1) is 0 Å². The lowest BCUT2D eigenvalue weighted by atomic mass is 10.1. The lowest BCUT2D eigenvalue weighted by Crippen LogP contribution is -2.36. The van der Waals surface area contributed by atoms with Gasteiger partial charge >= 0.3 is 0 Å². The molecule has 1 N–H and O–H groups in total. The van der Waals surface area contributed by atoms with E-state index < -0.39 is 14.4 Å². The van der Waals surface area contributed by atoms with Gasteiger partial charge in [-0.3, -0.25) is 0 Å². The average Bonchev–Trinajstić information content (AvgIpc) is 2.89. The molecule has 5 heteroatoms. The minimum absolute atomic E-state index is 0.345. The van der Waals surface area contributed by atoms with E-state index in [0.717, 1.165) is 30.0 Å². The Morgan fingerprint density at radius 1 is 1.24 bits per heavy atom. The molecule has 1 aliphatic rings. The van der Waals surface area contributed by atoms with E-state index in [2.05, 4.69) is 0 Å². The molecule has 0 saturated carbocycles. The first-order chi connectivity index (χ1) is 9.82. The Balaban J connectivity index is 2.68. The Bertz CT molecular complexity index is 377. The highest BCUT2D eigenvalue weighted by Gasteiger charge is 2.33. The highest BCUT2D eigenvalue weighted by molar-refractivity contribution is 6.78. The van der Waals surface area contributed by atoms with Gasteiger partial charge in [-0.1, -0.05) is 31.6 Å². The standard InChI is InChI=1S/C16H29FO3Si/c1-5-12-19-16(18,20-13-6-2)11-10-14-8-7-9-15(14)21(3,4)17/h7,9,18H,5-6,8,10-13H2,1-4H3. The second kappa shape index (κ2) is 8.22. The van der Waals surface area contributed by atoms with Gasteiger partial charge in [0.25, 0.3) is 14.4 Å². The first-order valence-electron chi connectivity index (χ1n) is 7.90. The Kier molecular flexibility index (Phi) is 7.26. The zero-order valence-electron chi connectivity index (χ0n) is 13.7. The van der Waals surface area contributed by atoms with Crippen LogP contribution in [0.2, 0.25) is 13.1 Å². The summed E-state index contributed by atoms with van der Waals surface area (Å²) in [6.07, 6.45) is 7.26. The van der Waals surface area contributed by atoms with E-state index >= 15 is 0 Å². The van der Waals surface area contributed by atoms with Gasteiger partial charge in [0.05, 0.1) is 13.2 Å². The van der Waals surface area contributed by atoms with Crippen molar-refractivity contribution in [1.29, 1.82) is 0 Å². The molecule has 0 aromatic heterocycles. The van der Waals surface area contributed by atoms with Gasteiger partial charge in [0.2, 0.25) is 0 Å². The second-order valence-corrected chi connectivity index (χ2v) is 9.49. The third-order valence-electron chi connectivity index (χ3n) is 3.48. The van der Waals surface area contributed by atoms with Crippen molar-refractivity contribution in [2.24, 2.45) is 0 Å². The summed E-state index contributed by atoms with van der Waals surface area (Å²) in [5, 5.41) is 11.3. The number of rotatable bonds is 10. The smallest absolute Gasteiger partial charge is 0.280 e. The number of hydrogen-bond donors (Lipinski definition) is 1. The summed E-state index contributed by atoms with van der Waals surface area (Å²) in [6.45, 7) is 8.27. The molecule has 0 bridgehead atoms. The number of aliphatic hydroxyl groups is 1. The zero-order chi connectivity index (χ0) is 15.9. The monoisotopic (exact) mass is 316 g/mol. The van der Waals surface area contributed by atoms with E-state index in [0.29, 0.717) is 26.1 Å². The number of halogens is 1. The van der Waals surface area contributed by atoms with Crippen molar-refractivity contribution in [2.45, 2.75) is 65.0 Å². The first-order valence-corrected chi connectivity index (χ1v) is 10.8. The second-order valence-electron chi connectivity index (χ2n) is 6.01. The average molecular weight is 316 g/mol. The van der Waals surface area contributed by atoms with Crippen LogP contribution in [0.5, 0.6) is 0 Å². The fourth-order valence-electron chi connectivity index (χ4n) is 2.42. The SMILES string of the molecule is CCCOC(O)(CCC1=C([Si](C)(C)F)C=CC1)OCCC. The van der Waals surface area contributed by atoms with E-state index in [1.807, 2.05) is 26.0 Å². The molecule has 0 spiro atoms. The minimum Gasteiger partial charge on any atom is -0.343 e. The molecule has 0 fully saturated rings. The van der Waals surface area contributed by atoms with Crippen LogP contribution in [0.15, 0.2) is 22.9 Å². The first kappa shape index (κ1) is 18.6. The molecule has 1 aliphatic carbocycles. The van der Waals surface area contributed by atoms with Gasteiger partial charge in [0, 0.05) is 6.42 Å². The van der Waals surface area contributed by atoms with Crippen LogP contribution in [0.25, 0.3) is 0 Å². The fraction of sp³-hybridized carbons (Fsp3) is 0.750. The van der Waals surface area contributed by atoms with Crippen LogP contribution in [0.4, 0.5) is 4.11 Å². The van der Waals surface area contributed by atoms with Crippen LogP contribution in [0.1, 0.15) is 46.0 Å². The van der Waals surface area contributed by atoms with Crippen molar-refractivity contribution in [3.8, 4) is 0 Å². The van der Waals surface area contributed by atoms with E-state index in [1.54, 1.807) is 13.1 Å². The number of allylic oxidation sites excluding steroid dienone is 4. The lowest BCUT2D eigenvalue weighted by molar-refractivity contribution is -0.362. The van der Waals surface area contributed by atoms with Crippen LogP contribution >= 0.6 is 0 Å². The van der Waals surface area contributed by atoms with E-state index in [4.69, 9.17) is 9.47 Å². The zero-order valence-corrected chi connectivity index (χ0v) is 14.7. The van der Waals surface area contributed by atoms with Crippen molar-refractivity contribution in [3.05, 3.63) is 22.9 Å². The Morgan fingerprint density at radius 3 is 2.29 bits per heavy atom. The largest absolute Gasteiger partial charge is 0.343 e. The Hall–Kier alpha value is -0.493. The molecular formula is C16H29FO3Si. The number of hydrogen-bond acceptors (Lipinski definition) is 3. The van der Waals surface area contributed by atoms with Crippen LogP contribution < -0.4 is 0 Å².